The maximum absolute atomic E-state index is 12.4. The van der Waals surface area contributed by atoms with Gasteiger partial charge in [-0.2, -0.15) is 4.31 Å². The average Bonchev–Trinajstić information content (AvgIpc) is 2.81. The Labute approximate surface area is 110 Å². The van der Waals surface area contributed by atoms with Crippen LogP contribution in [0.15, 0.2) is 33.6 Å². The molecule has 0 bridgehead atoms. The number of likely N-dealkylation sites (N-methyl/N-ethyl adjacent to an activating group) is 1. The molecule has 0 radical (unpaired) electrons. The Hall–Kier alpha value is -0.430. The molecule has 1 saturated heterocycles. The highest BCUT2D eigenvalue weighted by molar-refractivity contribution is 9.10. The molecule has 1 heterocycles. The molecule has 4 nitrogen and oxygen atoms in total. The third-order valence-corrected chi connectivity index (χ3v) is 5.96. The number of nitrogens with zero attached hydrogens (tertiary/aromatic N) is 1. The fraction of sp³-hybridized carbons (Fsp3) is 0.455. The topological polar surface area (TPSA) is 49.4 Å². The summed E-state index contributed by atoms with van der Waals surface area (Å²) in [7, 11) is -1.76. The van der Waals surface area contributed by atoms with Crippen molar-refractivity contribution in [1.29, 1.82) is 0 Å². The normalized spacial score (nSPS) is 21.0. The summed E-state index contributed by atoms with van der Waals surface area (Å²) in [6.45, 7) is 1.60. The van der Waals surface area contributed by atoms with Gasteiger partial charge in [0.25, 0.3) is 0 Å². The standard InChI is InChI=1S/C11H15BrN2O2S/c1-14(9-6-7-13-8-9)17(15,16)11-5-3-2-4-10(11)12/h2-5,9,13H,6-8H2,1H3. The van der Waals surface area contributed by atoms with Crippen LogP contribution in [0.5, 0.6) is 0 Å². The molecule has 1 N–H and O–H groups in total. The van der Waals surface area contributed by atoms with Gasteiger partial charge < -0.3 is 5.32 Å². The van der Waals surface area contributed by atoms with Crippen molar-refractivity contribution in [2.75, 3.05) is 20.1 Å². The first-order valence-electron chi connectivity index (χ1n) is 5.47. The van der Waals surface area contributed by atoms with E-state index in [0.717, 1.165) is 19.5 Å². The number of nitrogens with one attached hydrogen (secondary N) is 1. The SMILES string of the molecule is CN(C1CCNC1)S(=O)(=O)c1ccccc1Br. The van der Waals surface area contributed by atoms with E-state index < -0.39 is 10.0 Å². The minimum Gasteiger partial charge on any atom is -0.315 e. The van der Waals surface area contributed by atoms with Crippen LogP contribution in [0, 0.1) is 0 Å². The molecule has 0 spiro atoms. The quantitative estimate of drug-likeness (QED) is 0.917. The van der Waals surface area contributed by atoms with Gasteiger partial charge in [0.1, 0.15) is 0 Å². The lowest BCUT2D eigenvalue weighted by Gasteiger charge is -2.23. The zero-order chi connectivity index (χ0) is 12.5. The lowest BCUT2D eigenvalue weighted by Crippen LogP contribution is -2.38. The van der Waals surface area contributed by atoms with Crippen LogP contribution in [0.4, 0.5) is 0 Å². The van der Waals surface area contributed by atoms with Crippen molar-refractivity contribution in [2.24, 2.45) is 0 Å². The molecule has 0 saturated carbocycles. The van der Waals surface area contributed by atoms with E-state index >= 15 is 0 Å². The zero-order valence-corrected chi connectivity index (χ0v) is 12.0. The second kappa shape index (κ2) is 5.06. The largest absolute Gasteiger partial charge is 0.315 e. The van der Waals surface area contributed by atoms with Gasteiger partial charge in [-0.3, -0.25) is 0 Å². The Balaban J connectivity index is 2.33. The van der Waals surface area contributed by atoms with Crippen molar-refractivity contribution in [1.82, 2.24) is 9.62 Å². The van der Waals surface area contributed by atoms with Crippen LogP contribution in [-0.2, 0) is 10.0 Å². The lowest BCUT2D eigenvalue weighted by atomic mass is 10.3. The van der Waals surface area contributed by atoms with E-state index in [-0.39, 0.29) is 6.04 Å². The van der Waals surface area contributed by atoms with Crippen molar-refractivity contribution in [2.45, 2.75) is 17.4 Å². The van der Waals surface area contributed by atoms with Crippen LogP contribution in [-0.4, -0.2) is 38.9 Å². The summed E-state index contributed by atoms with van der Waals surface area (Å²) in [5.41, 5.74) is 0. The predicted octanol–water partition coefficient (Wildman–Crippen LogP) is 1.43. The molecule has 1 atom stereocenters. The Morgan fingerprint density at radius 2 is 2.12 bits per heavy atom. The Bertz CT molecular complexity index is 498. The molecule has 0 aliphatic carbocycles. The highest BCUT2D eigenvalue weighted by Gasteiger charge is 2.30. The number of hydrogen-bond donors (Lipinski definition) is 1. The molecule has 2 rings (SSSR count). The van der Waals surface area contributed by atoms with E-state index in [1.807, 2.05) is 0 Å². The van der Waals surface area contributed by atoms with Crippen molar-refractivity contribution in [3.8, 4) is 0 Å². The number of benzene rings is 1. The van der Waals surface area contributed by atoms with E-state index in [4.69, 9.17) is 0 Å². The monoisotopic (exact) mass is 318 g/mol. The molecule has 1 aromatic carbocycles. The average molecular weight is 319 g/mol. The van der Waals surface area contributed by atoms with E-state index in [0.29, 0.717) is 9.37 Å². The number of halogens is 1. The summed E-state index contributed by atoms with van der Waals surface area (Å²) in [4.78, 5) is 0.328. The summed E-state index contributed by atoms with van der Waals surface area (Å²) < 4.78 is 26.9. The Morgan fingerprint density at radius 3 is 2.71 bits per heavy atom. The van der Waals surface area contributed by atoms with Gasteiger partial charge in [-0.25, -0.2) is 8.42 Å². The van der Waals surface area contributed by atoms with Gasteiger partial charge in [0.2, 0.25) is 10.0 Å². The second-order valence-corrected chi connectivity index (χ2v) is 6.92. The molecule has 0 aromatic heterocycles. The maximum atomic E-state index is 12.4. The number of sulfonamides is 1. The van der Waals surface area contributed by atoms with Crippen LogP contribution in [0.2, 0.25) is 0 Å². The van der Waals surface area contributed by atoms with Gasteiger partial charge in [0.05, 0.1) is 4.90 Å². The van der Waals surface area contributed by atoms with Gasteiger partial charge in [-0.15, -0.1) is 0 Å². The molecule has 6 heteroatoms. The van der Waals surface area contributed by atoms with Crippen LogP contribution < -0.4 is 5.32 Å². The number of rotatable bonds is 3. The molecular weight excluding hydrogens is 304 g/mol. The molecule has 1 unspecified atom stereocenters. The smallest absolute Gasteiger partial charge is 0.244 e. The predicted molar refractivity (Wildman–Crippen MR) is 70.4 cm³/mol. The lowest BCUT2D eigenvalue weighted by molar-refractivity contribution is 0.387. The second-order valence-electron chi connectivity index (χ2n) is 4.10. The highest BCUT2D eigenvalue weighted by atomic mass is 79.9. The van der Waals surface area contributed by atoms with E-state index in [2.05, 4.69) is 21.2 Å². The molecule has 1 aliphatic heterocycles. The van der Waals surface area contributed by atoms with Gasteiger partial charge in [-0.1, -0.05) is 12.1 Å². The number of hydrogen-bond acceptors (Lipinski definition) is 3. The van der Waals surface area contributed by atoms with E-state index in [9.17, 15) is 8.42 Å². The molecular formula is C11H15BrN2O2S. The molecule has 0 amide bonds. The first-order chi connectivity index (χ1) is 8.03. The summed E-state index contributed by atoms with van der Waals surface area (Å²) in [5.74, 6) is 0. The van der Waals surface area contributed by atoms with Gasteiger partial charge >= 0.3 is 0 Å². The molecule has 17 heavy (non-hydrogen) atoms. The first-order valence-corrected chi connectivity index (χ1v) is 7.70. The summed E-state index contributed by atoms with van der Waals surface area (Å²) in [6.07, 6.45) is 0.861. The maximum Gasteiger partial charge on any atom is 0.244 e. The highest BCUT2D eigenvalue weighted by Crippen LogP contribution is 2.25. The summed E-state index contributed by atoms with van der Waals surface area (Å²) in [5, 5.41) is 3.17. The summed E-state index contributed by atoms with van der Waals surface area (Å²) >= 11 is 3.29. The van der Waals surface area contributed by atoms with Gasteiger partial charge in [0.15, 0.2) is 0 Å². The molecule has 1 aromatic rings. The van der Waals surface area contributed by atoms with Gasteiger partial charge in [0, 0.05) is 24.1 Å². The molecule has 94 valence electrons. The Kier molecular flexibility index (Phi) is 3.87. The van der Waals surface area contributed by atoms with Crippen molar-refractivity contribution in [3.05, 3.63) is 28.7 Å². The van der Waals surface area contributed by atoms with Crippen molar-refractivity contribution >= 4 is 26.0 Å². The fourth-order valence-corrected chi connectivity index (χ4v) is 4.30. The minimum absolute atomic E-state index is 0.0482. The summed E-state index contributed by atoms with van der Waals surface area (Å²) in [6, 6.07) is 6.96. The van der Waals surface area contributed by atoms with E-state index in [1.54, 1.807) is 31.3 Å². The fourth-order valence-electron chi connectivity index (χ4n) is 1.96. The van der Waals surface area contributed by atoms with Crippen molar-refractivity contribution in [3.63, 3.8) is 0 Å². The van der Waals surface area contributed by atoms with E-state index in [1.165, 1.54) is 4.31 Å². The van der Waals surface area contributed by atoms with Crippen LogP contribution in [0.25, 0.3) is 0 Å². The van der Waals surface area contributed by atoms with Gasteiger partial charge in [-0.05, 0) is 41.0 Å². The van der Waals surface area contributed by atoms with Crippen LogP contribution >= 0.6 is 15.9 Å². The molecule has 1 aliphatic rings. The van der Waals surface area contributed by atoms with Crippen LogP contribution in [0.3, 0.4) is 0 Å². The van der Waals surface area contributed by atoms with Crippen molar-refractivity contribution < 1.29 is 8.42 Å². The van der Waals surface area contributed by atoms with Crippen LogP contribution in [0.1, 0.15) is 6.42 Å². The first kappa shape index (κ1) is 13.0. The Morgan fingerprint density at radius 1 is 1.41 bits per heavy atom. The minimum atomic E-state index is -3.41. The molecule has 1 fully saturated rings. The zero-order valence-electron chi connectivity index (χ0n) is 9.56. The third kappa shape index (κ3) is 2.54. The third-order valence-electron chi connectivity index (χ3n) is 3.04.